The molecule has 5 nitrogen and oxygen atoms in total. The van der Waals surface area contributed by atoms with E-state index >= 15 is 0 Å². The largest absolute Gasteiger partial charge is 0.342 e. The number of amides is 1. The van der Waals surface area contributed by atoms with Gasteiger partial charge < -0.3 is 11.1 Å². The van der Waals surface area contributed by atoms with Crippen LogP contribution in [0.15, 0.2) is 30.3 Å². The minimum atomic E-state index is -0.130. The van der Waals surface area contributed by atoms with E-state index in [1.807, 2.05) is 41.3 Å². The van der Waals surface area contributed by atoms with Crippen molar-refractivity contribution in [2.75, 3.05) is 26.2 Å². The van der Waals surface area contributed by atoms with Crippen molar-refractivity contribution in [3.05, 3.63) is 35.9 Å². The molecule has 1 amide bonds. The lowest BCUT2D eigenvalue weighted by Crippen LogP contribution is -2.38. The maximum atomic E-state index is 11.6. The standard InChI is InChI=1S/C14H20N4O/c15-7-4-10-18(12-14(19)17-9-8-16)11-13-5-2-1-3-6-13/h1-3,5-6H,4,7,9-12,15H2,(H,17,19). The quantitative estimate of drug-likeness (QED) is 0.666. The molecule has 1 aromatic rings. The molecule has 102 valence electrons. The first-order valence-electron chi connectivity index (χ1n) is 6.36. The van der Waals surface area contributed by atoms with Crippen molar-refractivity contribution in [2.24, 2.45) is 5.73 Å². The first-order valence-corrected chi connectivity index (χ1v) is 6.36. The van der Waals surface area contributed by atoms with Gasteiger partial charge in [0.15, 0.2) is 0 Å². The van der Waals surface area contributed by atoms with E-state index in [9.17, 15) is 4.79 Å². The molecular weight excluding hydrogens is 240 g/mol. The van der Waals surface area contributed by atoms with Gasteiger partial charge in [0.1, 0.15) is 6.54 Å². The minimum absolute atomic E-state index is 0.0505. The number of nitrogens with two attached hydrogens (primary N) is 1. The van der Waals surface area contributed by atoms with Crippen LogP contribution in [0.4, 0.5) is 0 Å². The van der Waals surface area contributed by atoms with Gasteiger partial charge in [-0.15, -0.1) is 0 Å². The van der Waals surface area contributed by atoms with Crippen molar-refractivity contribution in [1.82, 2.24) is 10.2 Å². The van der Waals surface area contributed by atoms with Gasteiger partial charge in [0.05, 0.1) is 12.6 Å². The van der Waals surface area contributed by atoms with Gasteiger partial charge in [-0.25, -0.2) is 0 Å². The fourth-order valence-corrected chi connectivity index (χ4v) is 1.77. The highest BCUT2D eigenvalue weighted by Gasteiger charge is 2.10. The van der Waals surface area contributed by atoms with Crippen LogP contribution in [0.1, 0.15) is 12.0 Å². The maximum absolute atomic E-state index is 11.6. The molecule has 1 aromatic carbocycles. The van der Waals surface area contributed by atoms with Crippen molar-refractivity contribution < 1.29 is 4.79 Å². The first kappa shape index (κ1) is 15.2. The minimum Gasteiger partial charge on any atom is -0.342 e. The van der Waals surface area contributed by atoms with Crippen LogP contribution in [-0.4, -0.2) is 37.0 Å². The van der Waals surface area contributed by atoms with Crippen LogP contribution in [-0.2, 0) is 11.3 Å². The molecule has 0 aliphatic rings. The molecule has 0 saturated heterocycles. The number of hydrogen-bond donors (Lipinski definition) is 2. The van der Waals surface area contributed by atoms with E-state index in [0.29, 0.717) is 13.1 Å². The molecule has 0 radical (unpaired) electrons. The topological polar surface area (TPSA) is 82.2 Å². The molecule has 19 heavy (non-hydrogen) atoms. The number of nitrogens with zero attached hydrogens (tertiary/aromatic N) is 2. The highest BCUT2D eigenvalue weighted by atomic mass is 16.2. The number of nitrogens with one attached hydrogen (secondary N) is 1. The summed E-state index contributed by atoms with van der Waals surface area (Å²) in [5, 5.41) is 11.0. The summed E-state index contributed by atoms with van der Waals surface area (Å²) in [5.41, 5.74) is 6.67. The molecule has 0 atom stereocenters. The van der Waals surface area contributed by atoms with Crippen molar-refractivity contribution in [1.29, 1.82) is 5.26 Å². The van der Waals surface area contributed by atoms with Crippen LogP contribution < -0.4 is 11.1 Å². The lowest BCUT2D eigenvalue weighted by molar-refractivity contribution is -0.122. The van der Waals surface area contributed by atoms with Crippen LogP contribution in [0.3, 0.4) is 0 Å². The summed E-state index contributed by atoms with van der Waals surface area (Å²) < 4.78 is 0. The number of benzene rings is 1. The van der Waals surface area contributed by atoms with Crippen LogP contribution in [0.2, 0.25) is 0 Å². The van der Waals surface area contributed by atoms with E-state index in [0.717, 1.165) is 18.5 Å². The first-order chi connectivity index (χ1) is 9.26. The average molecular weight is 260 g/mol. The number of carbonyl (C=O) groups excluding carboxylic acids is 1. The molecule has 3 N–H and O–H groups in total. The van der Waals surface area contributed by atoms with E-state index in [1.54, 1.807) is 0 Å². The van der Waals surface area contributed by atoms with Gasteiger partial charge in [0, 0.05) is 13.1 Å². The summed E-state index contributed by atoms with van der Waals surface area (Å²) in [7, 11) is 0. The predicted molar refractivity (Wildman–Crippen MR) is 74.0 cm³/mol. The Balaban J connectivity index is 2.51. The molecular formula is C14H20N4O. The average Bonchev–Trinajstić information content (AvgIpc) is 2.43. The summed E-state index contributed by atoms with van der Waals surface area (Å²) in [6.07, 6.45) is 0.846. The third-order valence-corrected chi connectivity index (χ3v) is 2.66. The Morgan fingerprint density at radius 3 is 2.74 bits per heavy atom. The molecule has 0 aliphatic carbocycles. The van der Waals surface area contributed by atoms with Gasteiger partial charge >= 0.3 is 0 Å². The SMILES string of the molecule is N#CCNC(=O)CN(CCCN)Cc1ccccc1. The third kappa shape index (κ3) is 6.55. The fourth-order valence-electron chi connectivity index (χ4n) is 1.77. The number of rotatable bonds is 8. The number of hydrogen-bond acceptors (Lipinski definition) is 4. The van der Waals surface area contributed by atoms with Gasteiger partial charge in [-0.2, -0.15) is 5.26 Å². The number of carbonyl (C=O) groups is 1. The molecule has 0 aromatic heterocycles. The van der Waals surface area contributed by atoms with Crippen LogP contribution in [0, 0.1) is 11.3 Å². The summed E-state index contributed by atoms with van der Waals surface area (Å²) in [6.45, 7) is 2.42. The summed E-state index contributed by atoms with van der Waals surface area (Å²) in [6, 6.07) is 11.9. The van der Waals surface area contributed by atoms with E-state index in [-0.39, 0.29) is 19.0 Å². The van der Waals surface area contributed by atoms with E-state index in [4.69, 9.17) is 11.0 Å². The summed E-state index contributed by atoms with van der Waals surface area (Å²) in [4.78, 5) is 13.7. The molecule has 0 spiro atoms. The van der Waals surface area contributed by atoms with Gasteiger partial charge in [-0.05, 0) is 18.5 Å². The summed E-state index contributed by atoms with van der Waals surface area (Å²) in [5.74, 6) is -0.130. The van der Waals surface area contributed by atoms with Gasteiger partial charge in [-0.1, -0.05) is 30.3 Å². The van der Waals surface area contributed by atoms with Crippen LogP contribution >= 0.6 is 0 Å². The van der Waals surface area contributed by atoms with Crippen molar-refractivity contribution in [3.63, 3.8) is 0 Å². The smallest absolute Gasteiger partial charge is 0.235 e. The van der Waals surface area contributed by atoms with Crippen molar-refractivity contribution >= 4 is 5.91 Å². The molecule has 0 unspecified atom stereocenters. The molecule has 0 saturated carbocycles. The highest BCUT2D eigenvalue weighted by molar-refractivity contribution is 5.78. The Morgan fingerprint density at radius 2 is 2.11 bits per heavy atom. The van der Waals surface area contributed by atoms with Crippen molar-refractivity contribution in [2.45, 2.75) is 13.0 Å². The lowest BCUT2D eigenvalue weighted by Gasteiger charge is -2.21. The zero-order chi connectivity index (χ0) is 13.9. The normalized spacial score (nSPS) is 10.2. The molecule has 0 aliphatic heterocycles. The van der Waals surface area contributed by atoms with E-state index in [1.165, 1.54) is 0 Å². The number of nitriles is 1. The Morgan fingerprint density at radius 1 is 1.37 bits per heavy atom. The molecule has 0 heterocycles. The fraction of sp³-hybridized carbons (Fsp3) is 0.429. The van der Waals surface area contributed by atoms with Gasteiger partial charge in [-0.3, -0.25) is 9.69 Å². The molecule has 5 heteroatoms. The van der Waals surface area contributed by atoms with Crippen LogP contribution in [0.5, 0.6) is 0 Å². The third-order valence-electron chi connectivity index (χ3n) is 2.66. The molecule has 0 fully saturated rings. The highest BCUT2D eigenvalue weighted by Crippen LogP contribution is 2.04. The van der Waals surface area contributed by atoms with E-state index in [2.05, 4.69) is 5.32 Å². The summed E-state index contributed by atoms with van der Waals surface area (Å²) >= 11 is 0. The Labute approximate surface area is 114 Å². The van der Waals surface area contributed by atoms with E-state index < -0.39 is 0 Å². The van der Waals surface area contributed by atoms with Crippen LogP contribution in [0.25, 0.3) is 0 Å². The molecule has 0 bridgehead atoms. The molecule has 1 rings (SSSR count). The zero-order valence-corrected chi connectivity index (χ0v) is 11.0. The monoisotopic (exact) mass is 260 g/mol. The predicted octanol–water partition coefficient (Wildman–Crippen LogP) is 0.477. The second-order valence-electron chi connectivity index (χ2n) is 4.27. The Kier molecular flexibility index (Phi) is 7.25. The second kappa shape index (κ2) is 9.09. The maximum Gasteiger partial charge on any atom is 0.235 e. The lowest BCUT2D eigenvalue weighted by atomic mass is 10.2. The van der Waals surface area contributed by atoms with Gasteiger partial charge in [0.25, 0.3) is 0 Å². The Hall–Kier alpha value is -1.90. The van der Waals surface area contributed by atoms with Gasteiger partial charge in [0.2, 0.25) is 5.91 Å². The van der Waals surface area contributed by atoms with Crippen molar-refractivity contribution in [3.8, 4) is 6.07 Å². The second-order valence-corrected chi connectivity index (χ2v) is 4.27. The zero-order valence-electron chi connectivity index (χ0n) is 11.0. The Bertz CT molecular complexity index is 413.